The Balaban J connectivity index is 1.95. The van der Waals surface area contributed by atoms with E-state index in [2.05, 4.69) is 26.8 Å². The summed E-state index contributed by atoms with van der Waals surface area (Å²) >= 11 is 0. The Labute approximate surface area is 102 Å². The van der Waals surface area contributed by atoms with Gasteiger partial charge in [-0.05, 0) is 14.0 Å². The SMILES string of the molecule is Cc1cncc(CN2CCN(C)C(CO)C2)n1. The van der Waals surface area contributed by atoms with E-state index in [1.54, 1.807) is 6.20 Å². The van der Waals surface area contributed by atoms with Crippen LogP contribution in [0.15, 0.2) is 12.4 Å². The predicted octanol–water partition coefficient (Wildman–Crippen LogP) is -0.107. The Morgan fingerprint density at radius 3 is 2.94 bits per heavy atom. The summed E-state index contributed by atoms with van der Waals surface area (Å²) in [6, 6.07) is 0.238. The van der Waals surface area contributed by atoms with Gasteiger partial charge in [0.25, 0.3) is 0 Å². The summed E-state index contributed by atoms with van der Waals surface area (Å²) in [6.45, 7) is 5.89. The van der Waals surface area contributed by atoms with Gasteiger partial charge in [0.1, 0.15) is 0 Å². The summed E-state index contributed by atoms with van der Waals surface area (Å²) in [5, 5.41) is 9.29. The molecule has 17 heavy (non-hydrogen) atoms. The first-order chi connectivity index (χ1) is 8.19. The highest BCUT2D eigenvalue weighted by atomic mass is 16.3. The van der Waals surface area contributed by atoms with Crippen LogP contribution in [0, 0.1) is 6.92 Å². The fourth-order valence-electron chi connectivity index (χ4n) is 2.17. The van der Waals surface area contributed by atoms with Gasteiger partial charge in [-0.1, -0.05) is 0 Å². The van der Waals surface area contributed by atoms with Crippen molar-refractivity contribution in [2.45, 2.75) is 19.5 Å². The monoisotopic (exact) mass is 236 g/mol. The molecule has 0 radical (unpaired) electrons. The van der Waals surface area contributed by atoms with Crippen molar-refractivity contribution in [3.63, 3.8) is 0 Å². The molecule has 2 rings (SSSR count). The molecule has 94 valence electrons. The van der Waals surface area contributed by atoms with Crippen molar-refractivity contribution in [1.29, 1.82) is 0 Å². The molecular formula is C12H20N4O. The lowest BCUT2D eigenvalue weighted by molar-refractivity contribution is 0.0533. The minimum absolute atomic E-state index is 0.215. The van der Waals surface area contributed by atoms with E-state index in [0.717, 1.165) is 37.6 Å². The van der Waals surface area contributed by atoms with Gasteiger partial charge in [0.15, 0.2) is 0 Å². The topological polar surface area (TPSA) is 52.5 Å². The standard InChI is InChI=1S/C12H20N4O/c1-10-5-13-6-11(14-10)7-16-4-3-15(2)12(8-16)9-17/h5-6,12,17H,3-4,7-9H2,1-2H3. The number of aromatic nitrogens is 2. The van der Waals surface area contributed by atoms with Crippen molar-refractivity contribution in [2.75, 3.05) is 33.3 Å². The van der Waals surface area contributed by atoms with Crippen molar-refractivity contribution < 1.29 is 5.11 Å². The zero-order valence-electron chi connectivity index (χ0n) is 10.5. The average molecular weight is 236 g/mol. The summed E-state index contributed by atoms with van der Waals surface area (Å²) in [7, 11) is 2.06. The van der Waals surface area contributed by atoms with Gasteiger partial charge in [-0.2, -0.15) is 0 Å². The first-order valence-corrected chi connectivity index (χ1v) is 6.00. The molecule has 2 heterocycles. The fraction of sp³-hybridized carbons (Fsp3) is 0.667. The fourth-order valence-corrected chi connectivity index (χ4v) is 2.17. The maximum atomic E-state index is 9.29. The Morgan fingerprint density at radius 2 is 2.24 bits per heavy atom. The lowest BCUT2D eigenvalue weighted by Gasteiger charge is -2.38. The molecule has 0 amide bonds. The third-order valence-corrected chi connectivity index (χ3v) is 3.26. The molecule has 5 heteroatoms. The van der Waals surface area contributed by atoms with Crippen LogP contribution in [-0.2, 0) is 6.54 Å². The van der Waals surface area contributed by atoms with E-state index < -0.39 is 0 Å². The molecule has 1 atom stereocenters. The molecule has 0 aromatic carbocycles. The molecular weight excluding hydrogens is 216 g/mol. The van der Waals surface area contributed by atoms with Crippen molar-refractivity contribution in [2.24, 2.45) is 0 Å². The molecule has 1 N–H and O–H groups in total. The Hall–Kier alpha value is -1.04. The molecule has 0 aliphatic carbocycles. The van der Waals surface area contributed by atoms with Crippen molar-refractivity contribution >= 4 is 0 Å². The van der Waals surface area contributed by atoms with Gasteiger partial charge in [0.2, 0.25) is 0 Å². The molecule has 1 aliphatic heterocycles. The lowest BCUT2D eigenvalue weighted by atomic mass is 10.2. The minimum atomic E-state index is 0.215. The number of piperazine rings is 1. The molecule has 1 aromatic rings. The van der Waals surface area contributed by atoms with Gasteiger partial charge in [-0.3, -0.25) is 19.8 Å². The summed E-state index contributed by atoms with van der Waals surface area (Å²) in [5.41, 5.74) is 1.96. The van der Waals surface area contributed by atoms with Gasteiger partial charge >= 0.3 is 0 Å². The van der Waals surface area contributed by atoms with E-state index in [4.69, 9.17) is 0 Å². The number of likely N-dealkylation sites (N-methyl/N-ethyl adjacent to an activating group) is 1. The predicted molar refractivity (Wildman–Crippen MR) is 65.5 cm³/mol. The first-order valence-electron chi connectivity index (χ1n) is 6.00. The number of rotatable bonds is 3. The van der Waals surface area contributed by atoms with Gasteiger partial charge in [0.05, 0.1) is 18.0 Å². The number of hydrogen-bond donors (Lipinski definition) is 1. The van der Waals surface area contributed by atoms with E-state index in [1.807, 2.05) is 13.1 Å². The molecule has 1 saturated heterocycles. The zero-order valence-corrected chi connectivity index (χ0v) is 10.5. The molecule has 5 nitrogen and oxygen atoms in total. The van der Waals surface area contributed by atoms with E-state index in [9.17, 15) is 5.11 Å². The van der Waals surface area contributed by atoms with Crippen LogP contribution in [0.2, 0.25) is 0 Å². The normalized spacial score (nSPS) is 22.9. The number of nitrogens with zero attached hydrogens (tertiary/aromatic N) is 4. The van der Waals surface area contributed by atoms with Crippen molar-refractivity contribution in [1.82, 2.24) is 19.8 Å². The molecule has 1 aromatic heterocycles. The maximum absolute atomic E-state index is 9.29. The van der Waals surface area contributed by atoms with E-state index in [-0.39, 0.29) is 12.6 Å². The number of aliphatic hydroxyl groups is 1. The largest absolute Gasteiger partial charge is 0.395 e. The highest BCUT2D eigenvalue weighted by Crippen LogP contribution is 2.10. The number of aryl methyl sites for hydroxylation is 1. The quantitative estimate of drug-likeness (QED) is 0.794. The van der Waals surface area contributed by atoms with Gasteiger partial charge in [-0.25, -0.2) is 0 Å². The molecule has 0 bridgehead atoms. The highest BCUT2D eigenvalue weighted by molar-refractivity contribution is 5.01. The van der Waals surface area contributed by atoms with Crippen LogP contribution < -0.4 is 0 Å². The Kier molecular flexibility index (Phi) is 4.04. The number of aliphatic hydroxyl groups excluding tert-OH is 1. The Morgan fingerprint density at radius 1 is 1.41 bits per heavy atom. The molecule has 1 unspecified atom stereocenters. The summed E-state index contributed by atoms with van der Waals surface area (Å²) in [6.07, 6.45) is 3.59. The van der Waals surface area contributed by atoms with Crippen molar-refractivity contribution in [3.05, 3.63) is 23.8 Å². The third-order valence-electron chi connectivity index (χ3n) is 3.26. The first kappa shape index (κ1) is 12.4. The van der Waals surface area contributed by atoms with E-state index >= 15 is 0 Å². The van der Waals surface area contributed by atoms with Crippen LogP contribution in [0.25, 0.3) is 0 Å². The second kappa shape index (κ2) is 5.53. The van der Waals surface area contributed by atoms with E-state index in [0.29, 0.717) is 0 Å². The van der Waals surface area contributed by atoms with Crippen molar-refractivity contribution in [3.8, 4) is 0 Å². The molecule has 0 spiro atoms. The number of hydrogen-bond acceptors (Lipinski definition) is 5. The van der Waals surface area contributed by atoms with E-state index in [1.165, 1.54) is 0 Å². The van der Waals surface area contributed by atoms with Crippen LogP contribution in [0.3, 0.4) is 0 Å². The molecule has 1 fully saturated rings. The van der Waals surface area contributed by atoms with Gasteiger partial charge in [0, 0.05) is 44.6 Å². The summed E-state index contributed by atoms with van der Waals surface area (Å²) in [4.78, 5) is 13.1. The van der Waals surface area contributed by atoms with Crippen LogP contribution in [-0.4, -0.2) is 64.2 Å². The van der Waals surface area contributed by atoms with Crippen LogP contribution in [0.1, 0.15) is 11.4 Å². The smallest absolute Gasteiger partial charge is 0.0730 e. The third kappa shape index (κ3) is 3.21. The summed E-state index contributed by atoms with van der Waals surface area (Å²) < 4.78 is 0. The molecule has 1 aliphatic rings. The Bertz CT molecular complexity index is 371. The maximum Gasteiger partial charge on any atom is 0.0730 e. The lowest BCUT2D eigenvalue weighted by Crippen LogP contribution is -2.52. The van der Waals surface area contributed by atoms with Crippen LogP contribution >= 0.6 is 0 Å². The zero-order chi connectivity index (χ0) is 12.3. The van der Waals surface area contributed by atoms with Gasteiger partial charge in [-0.15, -0.1) is 0 Å². The highest BCUT2D eigenvalue weighted by Gasteiger charge is 2.23. The second-order valence-electron chi connectivity index (χ2n) is 4.70. The van der Waals surface area contributed by atoms with Gasteiger partial charge < -0.3 is 5.11 Å². The second-order valence-corrected chi connectivity index (χ2v) is 4.70. The summed E-state index contributed by atoms with van der Waals surface area (Å²) in [5.74, 6) is 0. The average Bonchev–Trinajstić information content (AvgIpc) is 2.32. The van der Waals surface area contributed by atoms with Crippen LogP contribution in [0.5, 0.6) is 0 Å². The van der Waals surface area contributed by atoms with Crippen LogP contribution in [0.4, 0.5) is 0 Å². The minimum Gasteiger partial charge on any atom is -0.395 e. The molecule has 0 saturated carbocycles.